The van der Waals surface area contributed by atoms with E-state index in [1.165, 1.54) is 58.7 Å². The van der Waals surface area contributed by atoms with Crippen molar-refractivity contribution in [3.05, 3.63) is 60.6 Å². The number of hydrogen-bond donors (Lipinski definition) is 4. The fourth-order valence-electron chi connectivity index (χ4n) is 5.48. The molecule has 4 rings (SSSR count). The number of hydrogen-bond acceptors (Lipinski definition) is 6. The molecule has 0 radical (unpaired) electrons. The number of urea groups is 1. The van der Waals surface area contributed by atoms with Crippen LogP contribution in [0.2, 0.25) is 0 Å². The molecule has 1 aromatic heterocycles. The summed E-state index contributed by atoms with van der Waals surface area (Å²) < 4.78 is 10.6. The van der Waals surface area contributed by atoms with Crippen molar-refractivity contribution in [3.8, 4) is 17.1 Å². The number of oxazole rings is 1. The Balaban J connectivity index is 0.000000285. The third kappa shape index (κ3) is 10.9. The fraction of sp³-hybridized carbons (Fsp3) is 0.485. The van der Waals surface area contributed by atoms with Crippen molar-refractivity contribution in [2.45, 2.75) is 72.4 Å². The number of carbonyl (C=O) groups is 2. The van der Waals surface area contributed by atoms with E-state index in [1.807, 2.05) is 0 Å². The predicted molar refractivity (Wildman–Crippen MR) is 171 cm³/mol. The van der Waals surface area contributed by atoms with Gasteiger partial charge in [-0.2, -0.15) is 0 Å². The summed E-state index contributed by atoms with van der Waals surface area (Å²) in [5.74, 6) is 2.98. The molecule has 0 spiro atoms. The lowest BCUT2D eigenvalue weighted by atomic mass is 9.80. The molecule has 1 aliphatic carbocycles. The van der Waals surface area contributed by atoms with E-state index in [1.54, 1.807) is 48.7 Å². The maximum atomic E-state index is 12.3. The van der Waals surface area contributed by atoms with Crippen molar-refractivity contribution in [1.29, 1.82) is 0 Å². The maximum absolute atomic E-state index is 12.3. The first-order valence-corrected chi connectivity index (χ1v) is 15.1. The van der Waals surface area contributed by atoms with Crippen LogP contribution in [0.25, 0.3) is 11.3 Å². The molecule has 1 heterocycles. The van der Waals surface area contributed by atoms with Crippen molar-refractivity contribution >= 4 is 23.5 Å². The van der Waals surface area contributed by atoms with Crippen LogP contribution in [0, 0.1) is 11.8 Å². The largest absolute Gasteiger partial charge is 0.496 e. The first-order valence-electron chi connectivity index (χ1n) is 15.1. The van der Waals surface area contributed by atoms with Gasteiger partial charge in [-0.3, -0.25) is 0 Å². The first-order chi connectivity index (χ1) is 20.7. The predicted octanol–water partition coefficient (Wildman–Crippen LogP) is 7.69. The van der Waals surface area contributed by atoms with E-state index >= 15 is 0 Å². The van der Waals surface area contributed by atoms with Crippen LogP contribution in [0.3, 0.4) is 0 Å². The number of carbonyl (C=O) groups excluding carboxylic acids is 1. The normalized spacial score (nSPS) is 14.0. The Morgan fingerprint density at radius 1 is 1.07 bits per heavy atom. The van der Waals surface area contributed by atoms with Gasteiger partial charge in [-0.25, -0.2) is 14.6 Å². The molecular formula is C33H47N5O5. The van der Waals surface area contributed by atoms with Crippen molar-refractivity contribution in [2.24, 2.45) is 11.8 Å². The number of carboxylic acid groups (broad SMARTS) is 1. The summed E-state index contributed by atoms with van der Waals surface area (Å²) in [6.45, 7) is 12.0. The number of methoxy groups -OCH3 is 1. The van der Waals surface area contributed by atoms with Crippen LogP contribution in [0.5, 0.6) is 5.75 Å². The van der Waals surface area contributed by atoms with Crippen molar-refractivity contribution < 1.29 is 23.8 Å². The molecule has 3 amide bonds. The molecule has 10 heteroatoms. The number of amides is 3. The van der Waals surface area contributed by atoms with Crippen LogP contribution in [-0.2, 0) is 6.54 Å². The summed E-state index contributed by atoms with van der Waals surface area (Å²) >= 11 is 0. The van der Waals surface area contributed by atoms with Gasteiger partial charge in [-0.05, 0) is 62.1 Å². The topological polar surface area (TPSA) is 129 Å². The lowest BCUT2D eigenvalue weighted by Gasteiger charge is -2.33. The smallest absolute Gasteiger partial charge is 0.404 e. The van der Waals surface area contributed by atoms with Gasteiger partial charge < -0.3 is 35.1 Å². The van der Waals surface area contributed by atoms with E-state index in [4.69, 9.17) is 14.3 Å². The monoisotopic (exact) mass is 593 g/mol. The van der Waals surface area contributed by atoms with Crippen LogP contribution in [0.1, 0.15) is 65.4 Å². The summed E-state index contributed by atoms with van der Waals surface area (Å²) in [4.78, 5) is 29.3. The molecule has 4 N–H and O–H groups in total. The van der Waals surface area contributed by atoms with Crippen molar-refractivity contribution in [1.82, 2.24) is 15.2 Å². The van der Waals surface area contributed by atoms with Gasteiger partial charge >= 0.3 is 12.1 Å². The lowest BCUT2D eigenvalue weighted by Crippen LogP contribution is -2.36. The van der Waals surface area contributed by atoms with E-state index in [9.17, 15) is 9.59 Å². The number of nitrogens with zero attached hydrogens (tertiary/aromatic N) is 2. The molecule has 1 saturated carbocycles. The van der Waals surface area contributed by atoms with Gasteiger partial charge in [0.05, 0.1) is 18.9 Å². The molecule has 2 aromatic carbocycles. The molecule has 3 aromatic rings. The van der Waals surface area contributed by atoms with Crippen molar-refractivity contribution in [2.75, 3.05) is 30.8 Å². The molecule has 1 aliphatic rings. The number of aromatic nitrogens is 1. The average molecular weight is 594 g/mol. The van der Waals surface area contributed by atoms with Gasteiger partial charge in [-0.1, -0.05) is 58.1 Å². The zero-order valence-corrected chi connectivity index (χ0v) is 26.1. The van der Waals surface area contributed by atoms with Crippen molar-refractivity contribution in [3.63, 3.8) is 0 Å². The molecule has 0 bridgehead atoms. The summed E-state index contributed by atoms with van der Waals surface area (Å²) in [5.41, 5.74) is 2.50. The second-order valence-corrected chi connectivity index (χ2v) is 11.3. The van der Waals surface area contributed by atoms with E-state index < -0.39 is 12.1 Å². The Bertz CT molecular complexity index is 1270. The highest BCUT2D eigenvalue weighted by atomic mass is 16.5. The maximum Gasteiger partial charge on any atom is 0.404 e. The molecule has 234 valence electrons. The first kappa shape index (κ1) is 33.5. The highest BCUT2D eigenvalue weighted by Gasteiger charge is 2.22. The van der Waals surface area contributed by atoms with Gasteiger partial charge in [0, 0.05) is 36.6 Å². The molecule has 43 heavy (non-hydrogen) atoms. The number of ether oxygens (including phenoxy) is 1. The van der Waals surface area contributed by atoms with E-state index in [-0.39, 0.29) is 6.54 Å². The summed E-state index contributed by atoms with van der Waals surface area (Å²) in [5, 5.41) is 16.4. The third-order valence-electron chi connectivity index (χ3n) is 7.90. The minimum atomic E-state index is -1.11. The standard InChI is InChI=1S/C19H18N4O5.C14H29N/c1-27-16-8-14(5-6-15(16)17-10-20-11-28-17)23-18(24)22-13-4-2-3-12(7-13)9-21-19(25)26;1-5-15(12(2)3)11-13(4)14-9-7-6-8-10-14/h2-8,10-11,21H,9H2,1H3,(H,25,26)(H2,22,23,24);12-14H,5-11H2,1-4H3. The third-order valence-corrected chi connectivity index (χ3v) is 7.90. The SMILES string of the molecule is CCN(CC(C)C1CCCCC1)C(C)C.COc1cc(NC(=O)Nc2cccc(CNC(=O)O)c2)ccc1-c1cnco1. The van der Waals surface area contributed by atoms with E-state index in [0.717, 1.165) is 17.4 Å². The zero-order valence-electron chi connectivity index (χ0n) is 26.1. The quantitative estimate of drug-likeness (QED) is 0.179. The van der Waals surface area contributed by atoms with Gasteiger partial charge in [0.25, 0.3) is 0 Å². The zero-order chi connectivity index (χ0) is 31.2. The number of nitrogens with one attached hydrogen (secondary N) is 3. The molecule has 0 saturated heterocycles. The van der Waals surface area contributed by atoms with Gasteiger partial charge in [-0.15, -0.1) is 0 Å². The molecule has 1 fully saturated rings. The Morgan fingerprint density at radius 2 is 1.79 bits per heavy atom. The minimum absolute atomic E-state index is 0.146. The van der Waals surface area contributed by atoms with Crippen LogP contribution < -0.4 is 20.7 Å². The second kappa shape index (κ2) is 17.2. The van der Waals surface area contributed by atoms with Gasteiger partial charge in [0.2, 0.25) is 0 Å². The van der Waals surface area contributed by atoms with Crippen LogP contribution >= 0.6 is 0 Å². The van der Waals surface area contributed by atoms with Gasteiger partial charge in [0.1, 0.15) is 5.75 Å². The number of anilines is 2. The average Bonchev–Trinajstić information content (AvgIpc) is 3.54. The summed E-state index contributed by atoms with van der Waals surface area (Å²) in [6.07, 6.45) is 9.18. The Kier molecular flexibility index (Phi) is 13.3. The number of rotatable bonds is 11. The summed E-state index contributed by atoms with van der Waals surface area (Å²) in [7, 11) is 1.52. The molecule has 10 nitrogen and oxygen atoms in total. The second-order valence-electron chi connectivity index (χ2n) is 11.3. The fourth-order valence-corrected chi connectivity index (χ4v) is 5.48. The minimum Gasteiger partial charge on any atom is -0.496 e. The van der Waals surface area contributed by atoms with E-state index in [0.29, 0.717) is 34.5 Å². The van der Waals surface area contributed by atoms with Gasteiger partial charge in [0.15, 0.2) is 12.2 Å². The molecule has 1 unspecified atom stereocenters. The molecule has 0 aliphatic heterocycles. The number of benzene rings is 2. The molecule has 1 atom stereocenters. The van der Waals surface area contributed by atoms with Crippen LogP contribution in [0.15, 0.2) is 59.5 Å². The highest BCUT2D eigenvalue weighted by Crippen LogP contribution is 2.32. The Morgan fingerprint density at radius 3 is 2.40 bits per heavy atom. The Labute approximate surface area is 255 Å². The Hall–Kier alpha value is -4.05. The highest BCUT2D eigenvalue weighted by molar-refractivity contribution is 6.00. The van der Waals surface area contributed by atoms with E-state index in [2.05, 4.69) is 53.5 Å². The van der Waals surface area contributed by atoms with Crippen LogP contribution in [-0.4, -0.2) is 53.4 Å². The van der Waals surface area contributed by atoms with Crippen LogP contribution in [0.4, 0.5) is 21.0 Å². The molecular weight excluding hydrogens is 546 g/mol. The lowest BCUT2D eigenvalue weighted by molar-refractivity contribution is 0.153. The summed E-state index contributed by atoms with van der Waals surface area (Å²) in [6, 6.07) is 12.3.